The van der Waals surface area contributed by atoms with E-state index in [0.717, 1.165) is 36.1 Å². The molecule has 1 aromatic carbocycles. The molecule has 0 aliphatic carbocycles. The van der Waals surface area contributed by atoms with E-state index in [2.05, 4.69) is 39.1 Å². The lowest BCUT2D eigenvalue weighted by atomic mass is 10.1. The molecule has 0 aliphatic heterocycles. The molecule has 0 aromatic heterocycles. The van der Waals surface area contributed by atoms with Crippen molar-refractivity contribution < 1.29 is 4.74 Å². The maximum absolute atomic E-state index is 6.08. The van der Waals surface area contributed by atoms with E-state index < -0.39 is 0 Å². The number of rotatable bonds is 9. The number of nitrogens with one attached hydrogen (secondary N) is 1. The molecule has 0 amide bonds. The second-order valence-electron chi connectivity index (χ2n) is 6.01. The maximum atomic E-state index is 6.08. The molecule has 1 atom stereocenters. The number of benzene rings is 1. The molecule has 0 aliphatic rings. The van der Waals surface area contributed by atoms with Gasteiger partial charge in [-0.05, 0) is 36.5 Å². The Bertz CT molecular complexity index is 379. The van der Waals surface area contributed by atoms with E-state index in [9.17, 15) is 0 Å². The first kappa shape index (κ1) is 17.5. The molecule has 0 radical (unpaired) electrons. The SMILES string of the molecule is CC(C)CCCOC(CNC(C)C)c1cccc(Cl)c1. The minimum atomic E-state index is 0.0725. The summed E-state index contributed by atoms with van der Waals surface area (Å²) >= 11 is 6.08. The second-order valence-corrected chi connectivity index (χ2v) is 6.45. The van der Waals surface area contributed by atoms with Gasteiger partial charge < -0.3 is 10.1 Å². The van der Waals surface area contributed by atoms with Crippen LogP contribution in [0.5, 0.6) is 0 Å². The predicted octanol–water partition coefficient (Wildman–Crippen LogP) is 4.83. The van der Waals surface area contributed by atoms with Crippen LogP contribution >= 0.6 is 11.6 Å². The van der Waals surface area contributed by atoms with E-state index in [4.69, 9.17) is 16.3 Å². The van der Waals surface area contributed by atoms with E-state index in [1.54, 1.807) is 0 Å². The third-order valence-electron chi connectivity index (χ3n) is 3.18. The van der Waals surface area contributed by atoms with Crippen LogP contribution in [-0.2, 0) is 4.74 Å². The van der Waals surface area contributed by atoms with Gasteiger partial charge in [0.15, 0.2) is 0 Å². The molecule has 20 heavy (non-hydrogen) atoms. The van der Waals surface area contributed by atoms with Gasteiger partial charge in [0.05, 0.1) is 6.10 Å². The maximum Gasteiger partial charge on any atom is 0.0949 e. The lowest BCUT2D eigenvalue weighted by Gasteiger charge is -2.21. The van der Waals surface area contributed by atoms with Crippen LogP contribution in [0.3, 0.4) is 0 Å². The summed E-state index contributed by atoms with van der Waals surface area (Å²) in [7, 11) is 0. The van der Waals surface area contributed by atoms with E-state index in [-0.39, 0.29) is 6.10 Å². The van der Waals surface area contributed by atoms with Crippen molar-refractivity contribution in [1.29, 1.82) is 0 Å². The van der Waals surface area contributed by atoms with Crippen LogP contribution in [0, 0.1) is 5.92 Å². The standard InChI is InChI=1S/C17H28ClNO/c1-13(2)7-6-10-20-17(12-19-14(3)4)15-8-5-9-16(18)11-15/h5,8-9,11,13-14,17,19H,6-7,10,12H2,1-4H3. The average Bonchev–Trinajstić information content (AvgIpc) is 2.37. The van der Waals surface area contributed by atoms with Crippen molar-refractivity contribution in [2.75, 3.05) is 13.2 Å². The fourth-order valence-corrected chi connectivity index (χ4v) is 2.24. The fourth-order valence-electron chi connectivity index (χ4n) is 2.04. The molecule has 0 fully saturated rings. The van der Waals surface area contributed by atoms with Crippen molar-refractivity contribution in [2.45, 2.75) is 52.7 Å². The Morgan fingerprint density at radius 1 is 1.20 bits per heavy atom. The summed E-state index contributed by atoms with van der Waals surface area (Å²) in [5.74, 6) is 0.733. The summed E-state index contributed by atoms with van der Waals surface area (Å²) in [6, 6.07) is 8.42. The fraction of sp³-hybridized carbons (Fsp3) is 0.647. The molecular formula is C17H28ClNO. The first-order chi connectivity index (χ1) is 9.49. The molecule has 0 spiro atoms. The number of hydrogen-bond donors (Lipinski definition) is 1. The van der Waals surface area contributed by atoms with Gasteiger partial charge in [-0.15, -0.1) is 0 Å². The molecular weight excluding hydrogens is 270 g/mol. The summed E-state index contributed by atoms with van der Waals surface area (Å²) in [4.78, 5) is 0. The van der Waals surface area contributed by atoms with E-state index in [1.807, 2.05) is 18.2 Å². The van der Waals surface area contributed by atoms with Crippen LogP contribution < -0.4 is 5.32 Å². The van der Waals surface area contributed by atoms with Crippen molar-refractivity contribution in [1.82, 2.24) is 5.32 Å². The van der Waals surface area contributed by atoms with Gasteiger partial charge in [-0.25, -0.2) is 0 Å². The van der Waals surface area contributed by atoms with Crippen molar-refractivity contribution in [3.63, 3.8) is 0 Å². The van der Waals surface area contributed by atoms with Crippen LogP contribution in [0.25, 0.3) is 0 Å². The Morgan fingerprint density at radius 2 is 1.95 bits per heavy atom. The zero-order valence-electron chi connectivity index (χ0n) is 13.2. The van der Waals surface area contributed by atoms with Crippen molar-refractivity contribution in [3.8, 4) is 0 Å². The summed E-state index contributed by atoms with van der Waals surface area (Å²) < 4.78 is 6.06. The van der Waals surface area contributed by atoms with Gasteiger partial charge in [-0.3, -0.25) is 0 Å². The van der Waals surface area contributed by atoms with Crippen molar-refractivity contribution >= 4 is 11.6 Å². The molecule has 1 unspecified atom stereocenters. The second kappa shape index (κ2) is 9.38. The minimum Gasteiger partial charge on any atom is -0.372 e. The first-order valence-electron chi connectivity index (χ1n) is 7.59. The number of halogens is 1. The molecule has 0 bridgehead atoms. The van der Waals surface area contributed by atoms with Gasteiger partial charge in [0.2, 0.25) is 0 Å². The largest absolute Gasteiger partial charge is 0.372 e. The van der Waals surface area contributed by atoms with Gasteiger partial charge >= 0.3 is 0 Å². The van der Waals surface area contributed by atoms with E-state index in [0.29, 0.717) is 6.04 Å². The Morgan fingerprint density at radius 3 is 2.55 bits per heavy atom. The van der Waals surface area contributed by atoms with Crippen LogP contribution in [0.1, 0.15) is 52.2 Å². The average molecular weight is 298 g/mol. The monoisotopic (exact) mass is 297 g/mol. The van der Waals surface area contributed by atoms with E-state index >= 15 is 0 Å². The van der Waals surface area contributed by atoms with Gasteiger partial charge in [0.1, 0.15) is 0 Å². The minimum absolute atomic E-state index is 0.0725. The van der Waals surface area contributed by atoms with Gasteiger partial charge in [0, 0.05) is 24.2 Å². The normalized spacial score (nSPS) is 13.2. The Hall–Kier alpha value is -0.570. The van der Waals surface area contributed by atoms with Crippen LogP contribution in [0.2, 0.25) is 5.02 Å². The third kappa shape index (κ3) is 7.28. The molecule has 1 rings (SSSR count). The molecule has 114 valence electrons. The first-order valence-corrected chi connectivity index (χ1v) is 7.97. The zero-order chi connectivity index (χ0) is 15.0. The van der Waals surface area contributed by atoms with Crippen molar-refractivity contribution in [2.24, 2.45) is 5.92 Å². The summed E-state index contributed by atoms with van der Waals surface area (Å²) in [6.45, 7) is 10.4. The highest BCUT2D eigenvalue weighted by Gasteiger charge is 2.13. The summed E-state index contributed by atoms with van der Waals surface area (Å²) in [5.41, 5.74) is 1.15. The quantitative estimate of drug-likeness (QED) is 0.659. The predicted molar refractivity (Wildman–Crippen MR) is 87.4 cm³/mol. The molecule has 0 saturated carbocycles. The summed E-state index contributed by atoms with van der Waals surface area (Å²) in [5, 5.41) is 4.21. The molecule has 0 saturated heterocycles. The van der Waals surface area contributed by atoms with Crippen LogP contribution in [0.4, 0.5) is 0 Å². The zero-order valence-corrected chi connectivity index (χ0v) is 13.9. The molecule has 1 N–H and O–H groups in total. The van der Waals surface area contributed by atoms with Gasteiger partial charge in [-0.1, -0.05) is 51.4 Å². The highest BCUT2D eigenvalue weighted by Crippen LogP contribution is 2.21. The topological polar surface area (TPSA) is 21.3 Å². The number of ether oxygens (including phenoxy) is 1. The third-order valence-corrected chi connectivity index (χ3v) is 3.41. The van der Waals surface area contributed by atoms with Gasteiger partial charge in [-0.2, -0.15) is 0 Å². The Kier molecular flexibility index (Phi) is 8.20. The lowest BCUT2D eigenvalue weighted by molar-refractivity contribution is 0.0474. The molecule has 0 heterocycles. The van der Waals surface area contributed by atoms with Crippen molar-refractivity contribution in [3.05, 3.63) is 34.9 Å². The van der Waals surface area contributed by atoms with Gasteiger partial charge in [0.25, 0.3) is 0 Å². The summed E-state index contributed by atoms with van der Waals surface area (Å²) in [6.07, 6.45) is 2.39. The highest BCUT2D eigenvalue weighted by molar-refractivity contribution is 6.30. The van der Waals surface area contributed by atoms with Crippen LogP contribution in [-0.4, -0.2) is 19.2 Å². The Labute approximate surface area is 128 Å². The highest BCUT2D eigenvalue weighted by atomic mass is 35.5. The molecule has 3 heteroatoms. The molecule has 2 nitrogen and oxygen atoms in total. The Balaban J connectivity index is 2.55. The van der Waals surface area contributed by atoms with Crippen LogP contribution in [0.15, 0.2) is 24.3 Å². The van der Waals surface area contributed by atoms with E-state index in [1.165, 1.54) is 6.42 Å². The molecule has 1 aromatic rings. The number of hydrogen-bond acceptors (Lipinski definition) is 2. The lowest BCUT2D eigenvalue weighted by Crippen LogP contribution is -2.29. The smallest absolute Gasteiger partial charge is 0.0949 e.